The molecule has 1 N–H and O–H groups in total. The smallest absolute Gasteiger partial charge is 0.282 e. The molecule has 0 amide bonds. The molecule has 8 heteroatoms. The number of hydrogen-bond acceptors (Lipinski definition) is 5. The molecule has 0 saturated carbocycles. The Morgan fingerprint density at radius 2 is 1.69 bits per heavy atom. The van der Waals surface area contributed by atoms with E-state index in [-0.39, 0.29) is 5.56 Å². The van der Waals surface area contributed by atoms with Crippen LogP contribution in [0, 0.1) is 0 Å². The number of anilines is 2. The second kappa shape index (κ2) is 9.05. The lowest BCUT2D eigenvalue weighted by Crippen LogP contribution is -2.41. The Kier molecular flexibility index (Phi) is 5.99. The monoisotopic (exact) mass is 478 g/mol. The van der Waals surface area contributed by atoms with Crippen LogP contribution in [0.3, 0.4) is 0 Å². The van der Waals surface area contributed by atoms with Crippen molar-refractivity contribution in [3.63, 3.8) is 0 Å². The summed E-state index contributed by atoms with van der Waals surface area (Å²) in [6, 6.07) is 19.8. The molecule has 0 radical (unpaired) electrons. The molecule has 0 saturated heterocycles. The van der Waals surface area contributed by atoms with Crippen molar-refractivity contribution < 1.29 is 0 Å². The van der Waals surface area contributed by atoms with Gasteiger partial charge in [-0.15, -0.1) is 11.3 Å². The summed E-state index contributed by atoms with van der Waals surface area (Å²) in [5, 5.41) is 1.75. The normalized spacial score (nSPS) is 13.0. The zero-order valence-corrected chi connectivity index (χ0v) is 20.0. The zero-order valence-electron chi connectivity index (χ0n) is 17.6. The van der Waals surface area contributed by atoms with Gasteiger partial charge >= 0.3 is 0 Å². The van der Waals surface area contributed by atoms with Gasteiger partial charge in [0.15, 0.2) is 10.3 Å². The second-order valence-corrected chi connectivity index (χ2v) is 9.80. The van der Waals surface area contributed by atoms with Gasteiger partial charge < -0.3 is 0 Å². The van der Waals surface area contributed by atoms with Crippen LogP contribution in [-0.2, 0) is 12.8 Å². The van der Waals surface area contributed by atoms with Gasteiger partial charge in [0, 0.05) is 16.3 Å². The summed E-state index contributed by atoms with van der Waals surface area (Å²) < 4.78 is 1.51. The van der Waals surface area contributed by atoms with Gasteiger partial charge in [0.25, 0.3) is 5.56 Å². The van der Waals surface area contributed by atoms with Crippen molar-refractivity contribution in [1.29, 1.82) is 0 Å². The second-order valence-electron chi connectivity index (χ2n) is 7.55. The van der Waals surface area contributed by atoms with Gasteiger partial charge in [-0.1, -0.05) is 48.2 Å². The fraction of sp³-hybridized carbons (Fsp3) is 0.208. The van der Waals surface area contributed by atoms with E-state index in [1.54, 1.807) is 11.3 Å². The number of nitrogens with one attached hydrogen (secondary N) is 1. The van der Waals surface area contributed by atoms with E-state index >= 15 is 0 Å². The van der Waals surface area contributed by atoms with E-state index in [2.05, 4.69) is 5.43 Å². The average Bonchev–Trinajstić information content (AvgIpc) is 3.21. The van der Waals surface area contributed by atoms with Crippen LogP contribution in [0.25, 0.3) is 10.2 Å². The van der Waals surface area contributed by atoms with Crippen LogP contribution in [0.15, 0.2) is 70.6 Å². The number of benzene rings is 2. The first kappa shape index (κ1) is 21.2. The quantitative estimate of drug-likeness (QED) is 0.230. The predicted molar refractivity (Wildman–Crippen MR) is 139 cm³/mol. The summed E-state index contributed by atoms with van der Waals surface area (Å²) in [5.41, 5.74) is 6.12. The molecule has 1 aliphatic carbocycles. The third-order valence-electron chi connectivity index (χ3n) is 5.58. The van der Waals surface area contributed by atoms with Gasteiger partial charge in [0.05, 0.1) is 5.39 Å². The van der Waals surface area contributed by atoms with Crippen LogP contribution < -0.4 is 15.9 Å². The minimum atomic E-state index is -0.0813. The van der Waals surface area contributed by atoms with E-state index in [0.717, 1.165) is 40.9 Å². The maximum Gasteiger partial charge on any atom is 0.282 e. The average molecular weight is 479 g/mol. The van der Waals surface area contributed by atoms with E-state index in [4.69, 9.17) is 17.2 Å². The highest BCUT2D eigenvalue weighted by molar-refractivity contribution is 7.98. The Balaban J connectivity index is 1.60. The molecular formula is C24H22N4OS3. The summed E-state index contributed by atoms with van der Waals surface area (Å²) in [5.74, 6) is 0. The van der Waals surface area contributed by atoms with E-state index in [1.165, 1.54) is 33.3 Å². The van der Waals surface area contributed by atoms with Crippen LogP contribution >= 0.6 is 35.3 Å². The van der Waals surface area contributed by atoms with Gasteiger partial charge in [0.2, 0.25) is 0 Å². The number of thioether (sulfide) groups is 1. The van der Waals surface area contributed by atoms with Crippen molar-refractivity contribution in [2.45, 2.75) is 30.8 Å². The van der Waals surface area contributed by atoms with Gasteiger partial charge in [0.1, 0.15) is 4.83 Å². The zero-order chi connectivity index (χ0) is 22.1. The molecule has 162 valence electrons. The fourth-order valence-electron chi connectivity index (χ4n) is 4.11. The molecule has 5 rings (SSSR count). The first-order valence-electron chi connectivity index (χ1n) is 10.5. The lowest BCUT2D eigenvalue weighted by atomic mass is 9.97. The highest BCUT2D eigenvalue weighted by Gasteiger charge is 2.23. The number of hydrogen-bond donors (Lipinski definition) is 1. The van der Waals surface area contributed by atoms with Crippen molar-refractivity contribution in [2.75, 3.05) is 16.6 Å². The maximum absolute atomic E-state index is 13.6. The maximum atomic E-state index is 13.6. The summed E-state index contributed by atoms with van der Waals surface area (Å²) in [6.07, 6.45) is 6.19. The van der Waals surface area contributed by atoms with E-state index in [9.17, 15) is 4.79 Å². The molecular weight excluding hydrogens is 456 g/mol. The van der Waals surface area contributed by atoms with Crippen molar-refractivity contribution in [2.24, 2.45) is 0 Å². The third kappa shape index (κ3) is 3.83. The number of aryl methyl sites for hydroxylation is 2. The summed E-state index contributed by atoms with van der Waals surface area (Å²) >= 11 is 8.93. The Morgan fingerprint density at radius 3 is 2.31 bits per heavy atom. The summed E-state index contributed by atoms with van der Waals surface area (Å²) in [6.45, 7) is 0. The molecule has 0 bridgehead atoms. The van der Waals surface area contributed by atoms with Crippen molar-refractivity contribution in [3.8, 4) is 0 Å². The molecule has 2 aromatic heterocycles. The molecule has 0 unspecified atom stereocenters. The van der Waals surface area contributed by atoms with Crippen LogP contribution in [-0.4, -0.2) is 21.0 Å². The molecule has 0 fully saturated rings. The van der Waals surface area contributed by atoms with Crippen LogP contribution in [0.2, 0.25) is 0 Å². The molecule has 2 aromatic carbocycles. The number of nitrogens with zero attached hydrogens (tertiary/aromatic N) is 3. The Morgan fingerprint density at radius 1 is 1.06 bits per heavy atom. The van der Waals surface area contributed by atoms with Crippen LogP contribution in [0.1, 0.15) is 23.3 Å². The Bertz CT molecular complexity index is 1290. The standard InChI is InChI=1S/C24H22N4OS3/c1-31-24-25-21-20(18-14-8-9-15-19(18)32-21)22(29)28(24)26-23(30)27(16-10-4-2-5-11-16)17-12-6-3-7-13-17/h2-7,10-13H,8-9,14-15H2,1H3,(H,26,30). The molecule has 1 aliphatic rings. The van der Waals surface area contributed by atoms with Gasteiger partial charge in [-0.25, -0.2) is 4.98 Å². The topological polar surface area (TPSA) is 50.2 Å². The molecule has 32 heavy (non-hydrogen) atoms. The molecule has 4 aromatic rings. The number of aromatic nitrogens is 2. The SMILES string of the molecule is CSc1nc2sc3c(c2c(=O)n1NC(=S)N(c1ccccc1)c1ccccc1)CCCC3. The van der Waals surface area contributed by atoms with Crippen molar-refractivity contribution in [3.05, 3.63) is 81.5 Å². The molecule has 0 aliphatic heterocycles. The molecule has 0 atom stereocenters. The number of rotatable bonds is 4. The lowest BCUT2D eigenvalue weighted by molar-refractivity contribution is 0.698. The number of thiocarbonyl (C=S) groups is 1. The van der Waals surface area contributed by atoms with Crippen LogP contribution in [0.4, 0.5) is 11.4 Å². The largest absolute Gasteiger partial charge is 0.286 e. The van der Waals surface area contributed by atoms with Gasteiger partial charge in [-0.05, 0) is 74.0 Å². The van der Waals surface area contributed by atoms with E-state index < -0.39 is 0 Å². The predicted octanol–water partition coefficient (Wildman–Crippen LogP) is 5.73. The van der Waals surface area contributed by atoms with E-state index in [0.29, 0.717) is 10.3 Å². The summed E-state index contributed by atoms with van der Waals surface area (Å²) in [7, 11) is 0. The minimum Gasteiger partial charge on any atom is -0.286 e. The highest BCUT2D eigenvalue weighted by Crippen LogP contribution is 2.34. The fourth-order valence-corrected chi connectivity index (χ4v) is 6.21. The van der Waals surface area contributed by atoms with Crippen molar-refractivity contribution in [1.82, 2.24) is 9.66 Å². The number of thiophene rings is 1. The first-order valence-corrected chi connectivity index (χ1v) is 12.9. The Labute approximate surface area is 200 Å². The molecule has 5 nitrogen and oxygen atoms in total. The lowest BCUT2D eigenvalue weighted by Gasteiger charge is -2.27. The molecule has 0 spiro atoms. The highest BCUT2D eigenvalue weighted by atomic mass is 32.2. The van der Waals surface area contributed by atoms with Gasteiger partial charge in [-0.3, -0.25) is 15.1 Å². The third-order valence-corrected chi connectivity index (χ3v) is 7.68. The summed E-state index contributed by atoms with van der Waals surface area (Å²) in [4.78, 5) is 22.5. The minimum absolute atomic E-state index is 0.0813. The molecule has 2 heterocycles. The first-order chi connectivity index (χ1) is 15.7. The van der Waals surface area contributed by atoms with Crippen LogP contribution in [0.5, 0.6) is 0 Å². The number of fused-ring (bicyclic) bond motifs is 3. The van der Waals surface area contributed by atoms with E-state index in [1.807, 2.05) is 71.8 Å². The van der Waals surface area contributed by atoms with Gasteiger partial charge in [-0.2, -0.15) is 4.68 Å². The Hall–Kier alpha value is -2.68. The van der Waals surface area contributed by atoms with Crippen molar-refractivity contribution >= 4 is 62.0 Å². The number of para-hydroxylation sites is 2.